The third kappa shape index (κ3) is 4.74. The highest BCUT2D eigenvalue weighted by atomic mass is 16.4. The highest BCUT2D eigenvalue weighted by Gasteiger charge is 2.37. The summed E-state index contributed by atoms with van der Waals surface area (Å²) in [7, 11) is 0. The summed E-state index contributed by atoms with van der Waals surface area (Å²) in [6.45, 7) is 7.74. The molecule has 0 bridgehead atoms. The molecular weight excluding hydrogens is 252 g/mol. The average molecular weight is 282 g/mol. The molecule has 0 aromatic rings. The van der Waals surface area contributed by atoms with Crippen LogP contribution in [-0.2, 0) is 4.79 Å². The van der Waals surface area contributed by atoms with Crippen LogP contribution in [0, 0.1) is 5.92 Å². The number of hydrogen-bond donors (Lipinski definition) is 2. The summed E-state index contributed by atoms with van der Waals surface area (Å²) in [5.41, 5.74) is -0.726. The predicted molar refractivity (Wildman–Crippen MR) is 80.9 cm³/mol. The maximum Gasteiger partial charge on any atom is 0.323 e. The average Bonchev–Trinajstić information content (AvgIpc) is 3.18. The Hall–Kier alpha value is -0.610. The number of aliphatic carboxylic acids is 1. The molecule has 2 unspecified atom stereocenters. The topological polar surface area (TPSA) is 52.6 Å². The van der Waals surface area contributed by atoms with Crippen molar-refractivity contribution in [2.24, 2.45) is 5.92 Å². The van der Waals surface area contributed by atoms with Gasteiger partial charge in [-0.25, -0.2) is 0 Å². The molecule has 2 aliphatic rings. The van der Waals surface area contributed by atoms with Crippen molar-refractivity contribution in [3.8, 4) is 0 Å². The van der Waals surface area contributed by atoms with Gasteiger partial charge in [-0.1, -0.05) is 6.92 Å². The number of nitrogens with zero attached hydrogens (tertiary/aromatic N) is 1. The van der Waals surface area contributed by atoms with Crippen LogP contribution in [0.15, 0.2) is 0 Å². The number of carboxylic acids is 1. The molecule has 2 rings (SSSR count). The maximum atomic E-state index is 11.5. The first kappa shape index (κ1) is 15.8. The number of rotatable bonds is 8. The minimum absolute atomic E-state index is 0.444. The van der Waals surface area contributed by atoms with Crippen molar-refractivity contribution in [3.05, 3.63) is 0 Å². The van der Waals surface area contributed by atoms with Crippen molar-refractivity contribution in [2.45, 2.75) is 70.4 Å². The number of nitrogens with one attached hydrogen (secondary N) is 1. The second-order valence-corrected chi connectivity index (χ2v) is 7.06. The largest absolute Gasteiger partial charge is 0.480 e. The van der Waals surface area contributed by atoms with E-state index >= 15 is 0 Å². The molecule has 0 amide bonds. The van der Waals surface area contributed by atoms with E-state index in [0.29, 0.717) is 6.04 Å². The van der Waals surface area contributed by atoms with Gasteiger partial charge in [0.25, 0.3) is 0 Å². The molecule has 1 heterocycles. The number of unbranched alkanes of at least 4 members (excludes halogenated alkanes) is 1. The van der Waals surface area contributed by atoms with E-state index in [4.69, 9.17) is 0 Å². The van der Waals surface area contributed by atoms with Crippen LogP contribution in [0.3, 0.4) is 0 Å². The molecule has 0 spiro atoms. The Morgan fingerprint density at radius 1 is 1.35 bits per heavy atom. The van der Waals surface area contributed by atoms with Crippen LogP contribution < -0.4 is 5.32 Å². The molecule has 116 valence electrons. The van der Waals surface area contributed by atoms with E-state index in [1.807, 2.05) is 6.92 Å². The Balaban J connectivity index is 1.66. The molecule has 1 aliphatic carbocycles. The van der Waals surface area contributed by atoms with E-state index in [1.165, 1.54) is 25.9 Å². The van der Waals surface area contributed by atoms with Crippen molar-refractivity contribution in [3.63, 3.8) is 0 Å². The molecule has 1 saturated carbocycles. The molecule has 0 radical (unpaired) electrons. The van der Waals surface area contributed by atoms with Crippen molar-refractivity contribution in [1.82, 2.24) is 10.2 Å². The summed E-state index contributed by atoms with van der Waals surface area (Å²) in [5.74, 6) is 0.126. The Kier molecular flexibility index (Phi) is 5.44. The molecule has 2 fully saturated rings. The fraction of sp³-hybridized carbons (Fsp3) is 0.938. The number of carbonyl (C=O) groups is 1. The van der Waals surface area contributed by atoms with Crippen LogP contribution in [0.5, 0.6) is 0 Å². The first-order valence-corrected chi connectivity index (χ1v) is 8.23. The molecular formula is C16H30N2O2. The number of likely N-dealkylation sites (tertiary alicyclic amines) is 1. The maximum absolute atomic E-state index is 11.5. The van der Waals surface area contributed by atoms with Gasteiger partial charge in [0.05, 0.1) is 0 Å². The minimum atomic E-state index is -0.726. The Labute approximate surface area is 122 Å². The lowest BCUT2D eigenvalue weighted by Gasteiger charge is -2.31. The van der Waals surface area contributed by atoms with Crippen LogP contribution >= 0.6 is 0 Å². The number of hydrogen-bond acceptors (Lipinski definition) is 3. The SMILES string of the molecule is CC1CCCN(CCCCC(C)(NC2CC2)C(=O)O)C1. The molecule has 1 saturated heterocycles. The van der Waals surface area contributed by atoms with Gasteiger partial charge in [0.2, 0.25) is 0 Å². The minimum Gasteiger partial charge on any atom is -0.480 e. The van der Waals surface area contributed by atoms with Gasteiger partial charge < -0.3 is 10.0 Å². The Bertz CT molecular complexity index is 330. The lowest BCUT2D eigenvalue weighted by atomic mass is 9.94. The standard InChI is InChI=1S/C16H30N2O2/c1-13-6-5-11-18(12-13)10-4-3-9-16(2,15(19)20)17-14-7-8-14/h13-14,17H,3-12H2,1-2H3,(H,19,20). The fourth-order valence-electron chi connectivity index (χ4n) is 3.22. The van der Waals surface area contributed by atoms with Crippen LogP contribution in [0.1, 0.15) is 58.8 Å². The molecule has 2 N–H and O–H groups in total. The fourth-order valence-corrected chi connectivity index (χ4v) is 3.22. The molecule has 4 nitrogen and oxygen atoms in total. The quantitative estimate of drug-likeness (QED) is 0.672. The number of piperidine rings is 1. The molecule has 2 atom stereocenters. The highest BCUT2D eigenvalue weighted by molar-refractivity contribution is 5.78. The van der Waals surface area contributed by atoms with E-state index in [2.05, 4.69) is 17.1 Å². The summed E-state index contributed by atoms with van der Waals surface area (Å²) in [6, 6.07) is 0.444. The van der Waals surface area contributed by atoms with Gasteiger partial charge in [0.15, 0.2) is 0 Å². The first-order valence-electron chi connectivity index (χ1n) is 8.23. The first-order chi connectivity index (χ1) is 9.49. The van der Waals surface area contributed by atoms with Gasteiger partial charge in [-0.3, -0.25) is 10.1 Å². The Morgan fingerprint density at radius 2 is 2.10 bits per heavy atom. The molecule has 0 aromatic carbocycles. The van der Waals surface area contributed by atoms with E-state index in [0.717, 1.165) is 44.6 Å². The van der Waals surface area contributed by atoms with Crippen molar-refractivity contribution in [1.29, 1.82) is 0 Å². The third-order valence-corrected chi connectivity index (χ3v) is 4.71. The second-order valence-electron chi connectivity index (χ2n) is 7.06. The van der Waals surface area contributed by atoms with Gasteiger partial charge in [-0.2, -0.15) is 0 Å². The monoisotopic (exact) mass is 282 g/mol. The second kappa shape index (κ2) is 6.90. The van der Waals surface area contributed by atoms with E-state index in [9.17, 15) is 9.90 Å². The summed E-state index contributed by atoms with van der Waals surface area (Å²) in [6.07, 6.45) is 7.79. The zero-order valence-electron chi connectivity index (χ0n) is 13.0. The molecule has 0 aromatic heterocycles. The zero-order chi connectivity index (χ0) is 14.6. The van der Waals surface area contributed by atoms with Crippen molar-refractivity contribution < 1.29 is 9.90 Å². The van der Waals surface area contributed by atoms with Crippen LogP contribution in [-0.4, -0.2) is 47.2 Å². The summed E-state index contributed by atoms with van der Waals surface area (Å²) < 4.78 is 0. The van der Waals surface area contributed by atoms with E-state index in [-0.39, 0.29) is 0 Å². The molecule has 20 heavy (non-hydrogen) atoms. The molecule has 4 heteroatoms. The van der Waals surface area contributed by atoms with Gasteiger partial charge in [0, 0.05) is 12.6 Å². The molecule has 1 aliphatic heterocycles. The van der Waals surface area contributed by atoms with Crippen molar-refractivity contribution >= 4 is 5.97 Å². The summed E-state index contributed by atoms with van der Waals surface area (Å²) in [4.78, 5) is 14.0. The summed E-state index contributed by atoms with van der Waals surface area (Å²) >= 11 is 0. The van der Waals surface area contributed by atoms with E-state index in [1.54, 1.807) is 0 Å². The lowest BCUT2D eigenvalue weighted by molar-refractivity contribution is -0.144. The predicted octanol–water partition coefficient (Wildman–Crippen LogP) is 2.48. The van der Waals surface area contributed by atoms with Crippen molar-refractivity contribution in [2.75, 3.05) is 19.6 Å². The lowest BCUT2D eigenvalue weighted by Crippen LogP contribution is -2.50. The zero-order valence-corrected chi connectivity index (χ0v) is 13.0. The summed E-state index contributed by atoms with van der Waals surface area (Å²) in [5, 5.41) is 12.7. The van der Waals surface area contributed by atoms with Gasteiger partial charge >= 0.3 is 5.97 Å². The van der Waals surface area contributed by atoms with E-state index < -0.39 is 11.5 Å². The normalized spacial score (nSPS) is 27.2. The van der Waals surface area contributed by atoms with Gasteiger partial charge in [-0.05, 0) is 70.9 Å². The smallest absolute Gasteiger partial charge is 0.323 e. The van der Waals surface area contributed by atoms with Crippen LogP contribution in [0.25, 0.3) is 0 Å². The third-order valence-electron chi connectivity index (χ3n) is 4.71. The van der Waals surface area contributed by atoms with Crippen LogP contribution in [0.2, 0.25) is 0 Å². The Morgan fingerprint density at radius 3 is 2.70 bits per heavy atom. The van der Waals surface area contributed by atoms with Gasteiger partial charge in [-0.15, -0.1) is 0 Å². The highest BCUT2D eigenvalue weighted by Crippen LogP contribution is 2.25. The van der Waals surface area contributed by atoms with Crippen LogP contribution in [0.4, 0.5) is 0 Å². The number of carboxylic acid groups (broad SMARTS) is 1. The van der Waals surface area contributed by atoms with Gasteiger partial charge in [0.1, 0.15) is 5.54 Å².